The Balaban J connectivity index is 1.33. The lowest BCUT2D eigenvalue weighted by atomic mass is 9.96. The van der Waals surface area contributed by atoms with Gasteiger partial charge in [-0.2, -0.15) is 5.10 Å². The Hall–Kier alpha value is -3.04. The minimum Gasteiger partial charge on any atom is -0.335 e. The average molecular weight is 614 g/mol. The summed E-state index contributed by atoms with van der Waals surface area (Å²) in [7, 11) is 0. The molecule has 0 radical (unpaired) electrons. The number of carbonyl (C=O) groups excluding carboxylic acids is 1. The lowest BCUT2D eigenvalue weighted by Crippen LogP contribution is -2.45. The summed E-state index contributed by atoms with van der Waals surface area (Å²) < 4.78 is 18.8. The fourth-order valence-corrected chi connectivity index (χ4v) is 5.83. The van der Waals surface area contributed by atoms with E-state index in [1.54, 1.807) is 10.7 Å². The molecular weight excluding hydrogens is 583 g/mol. The summed E-state index contributed by atoms with van der Waals surface area (Å²) >= 11 is 9.34. The number of piperidine rings is 1. The highest BCUT2D eigenvalue weighted by molar-refractivity contribution is 9.10. The monoisotopic (exact) mass is 612 g/mol. The molecule has 3 heterocycles. The van der Waals surface area contributed by atoms with Crippen molar-refractivity contribution in [3.8, 4) is 0 Å². The second-order valence-electron chi connectivity index (χ2n) is 10.2. The number of aryl methyl sites for hydroxylation is 1. The molecule has 2 aromatic carbocycles. The summed E-state index contributed by atoms with van der Waals surface area (Å²) in [6, 6.07) is 12.4. The summed E-state index contributed by atoms with van der Waals surface area (Å²) in [4.78, 5) is 15.9. The van der Waals surface area contributed by atoms with E-state index in [9.17, 15) is 9.18 Å². The molecule has 1 aliphatic heterocycles. The van der Waals surface area contributed by atoms with Gasteiger partial charge in [-0.3, -0.25) is 9.48 Å². The number of hydrogen-bond donors (Lipinski definition) is 0. The number of rotatable bonds is 7. The van der Waals surface area contributed by atoms with Crippen molar-refractivity contribution in [2.75, 3.05) is 6.54 Å². The molecule has 10 heteroatoms. The standard InChI is InChI=1S/C29H31BrClFN6O/c1-18-28(20(3)37(34-18)16-21-7-10-23(31)11-8-21)29(39)36-13-5-4-6-25(36)15-24-17-38(35-33-24)19(2)26-12-9-22(30)14-27(26)32/h7-12,14,17,19,25H,4-6,13,15-16H2,1-3H3/t19-,25?/m1/s1. The molecule has 1 unspecified atom stereocenters. The lowest BCUT2D eigenvalue weighted by molar-refractivity contribution is 0.0610. The van der Waals surface area contributed by atoms with E-state index in [1.807, 2.05) is 66.9 Å². The van der Waals surface area contributed by atoms with E-state index in [-0.39, 0.29) is 23.8 Å². The Kier molecular flexibility index (Phi) is 8.19. The molecule has 2 atom stereocenters. The van der Waals surface area contributed by atoms with Gasteiger partial charge in [0.05, 0.1) is 29.5 Å². The fraction of sp³-hybridized carbons (Fsp3) is 0.379. The maximum absolute atomic E-state index is 14.5. The second-order valence-corrected chi connectivity index (χ2v) is 11.6. The summed E-state index contributed by atoms with van der Waals surface area (Å²) in [6.45, 7) is 7.01. The lowest BCUT2D eigenvalue weighted by Gasteiger charge is -2.35. The predicted molar refractivity (Wildman–Crippen MR) is 153 cm³/mol. The smallest absolute Gasteiger partial charge is 0.257 e. The van der Waals surface area contributed by atoms with Crippen LogP contribution in [0.4, 0.5) is 4.39 Å². The number of aromatic nitrogens is 5. The molecule has 39 heavy (non-hydrogen) atoms. The first-order chi connectivity index (χ1) is 18.7. The second kappa shape index (κ2) is 11.6. The van der Waals surface area contributed by atoms with E-state index in [4.69, 9.17) is 16.7 Å². The van der Waals surface area contributed by atoms with Crippen molar-refractivity contribution >= 4 is 33.4 Å². The van der Waals surface area contributed by atoms with Crippen LogP contribution in [0.5, 0.6) is 0 Å². The number of halogens is 3. The van der Waals surface area contributed by atoms with Crippen molar-refractivity contribution in [3.63, 3.8) is 0 Å². The van der Waals surface area contributed by atoms with Gasteiger partial charge in [-0.1, -0.05) is 50.9 Å². The molecule has 0 bridgehead atoms. The molecule has 1 saturated heterocycles. The summed E-state index contributed by atoms with van der Waals surface area (Å²) in [5.74, 6) is -0.282. The summed E-state index contributed by atoms with van der Waals surface area (Å²) in [5.41, 5.74) is 4.65. The third-order valence-electron chi connectivity index (χ3n) is 7.54. The Labute approximate surface area is 241 Å². The topological polar surface area (TPSA) is 68.8 Å². The number of carbonyl (C=O) groups is 1. The van der Waals surface area contributed by atoms with Gasteiger partial charge in [0, 0.05) is 46.0 Å². The van der Waals surface area contributed by atoms with Gasteiger partial charge in [-0.05, 0) is 69.9 Å². The molecule has 1 amide bonds. The fourth-order valence-electron chi connectivity index (χ4n) is 5.37. The molecule has 0 saturated carbocycles. The molecule has 4 aromatic rings. The Morgan fingerprint density at radius 3 is 2.69 bits per heavy atom. The van der Waals surface area contributed by atoms with Crippen LogP contribution in [0.3, 0.4) is 0 Å². The van der Waals surface area contributed by atoms with Gasteiger partial charge in [-0.25, -0.2) is 9.07 Å². The third kappa shape index (κ3) is 5.94. The molecule has 1 aliphatic rings. The minimum absolute atomic E-state index is 0.00883. The average Bonchev–Trinajstić information content (AvgIpc) is 3.48. The van der Waals surface area contributed by atoms with Crippen molar-refractivity contribution in [1.29, 1.82) is 0 Å². The zero-order valence-electron chi connectivity index (χ0n) is 22.2. The van der Waals surface area contributed by atoms with Gasteiger partial charge in [0.25, 0.3) is 5.91 Å². The maximum Gasteiger partial charge on any atom is 0.257 e. The van der Waals surface area contributed by atoms with Crippen LogP contribution in [0, 0.1) is 19.7 Å². The van der Waals surface area contributed by atoms with Crippen molar-refractivity contribution in [3.05, 3.63) is 97.7 Å². The number of amides is 1. The molecule has 0 N–H and O–H groups in total. The summed E-state index contributed by atoms with van der Waals surface area (Å²) in [5, 5.41) is 14.1. The van der Waals surface area contributed by atoms with Gasteiger partial charge in [-0.15, -0.1) is 5.10 Å². The quantitative estimate of drug-likeness (QED) is 0.237. The van der Waals surface area contributed by atoms with E-state index in [2.05, 4.69) is 26.2 Å². The van der Waals surface area contributed by atoms with Crippen LogP contribution in [0.1, 0.15) is 70.8 Å². The highest BCUT2D eigenvalue weighted by Gasteiger charge is 2.32. The Bertz CT molecular complexity index is 1480. The molecule has 2 aromatic heterocycles. The van der Waals surface area contributed by atoms with Crippen LogP contribution in [0.25, 0.3) is 0 Å². The highest BCUT2D eigenvalue weighted by Crippen LogP contribution is 2.27. The van der Waals surface area contributed by atoms with Crippen molar-refractivity contribution in [2.24, 2.45) is 0 Å². The largest absolute Gasteiger partial charge is 0.335 e. The molecule has 0 aliphatic carbocycles. The van der Waals surface area contributed by atoms with Crippen LogP contribution < -0.4 is 0 Å². The SMILES string of the molecule is Cc1nn(Cc2ccc(Cl)cc2)c(C)c1C(=O)N1CCCCC1Cc1cn([C@H](C)c2ccc(Br)cc2F)nn1. The van der Waals surface area contributed by atoms with Crippen LogP contribution in [0.2, 0.25) is 5.02 Å². The van der Waals surface area contributed by atoms with E-state index in [0.717, 1.165) is 41.9 Å². The van der Waals surface area contributed by atoms with E-state index >= 15 is 0 Å². The van der Waals surface area contributed by atoms with Crippen molar-refractivity contribution < 1.29 is 9.18 Å². The van der Waals surface area contributed by atoms with Gasteiger partial charge in [0.15, 0.2) is 0 Å². The van der Waals surface area contributed by atoms with E-state index in [1.165, 1.54) is 6.07 Å². The van der Waals surface area contributed by atoms with Crippen LogP contribution >= 0.6 is 27.5 Å². The molecular formula is C29H31BrClFN6O. The molecule has 5 rings (SSSR count). The van der Waals surface area contributed by atoms with Crippen LogP contribution in [0.15, 0.2) is 53.1 Å². The zero-order valence-corrected chi connectivity index (χ0v) is 24.6. The van der Waals surface area contributed by atoms with Gasteiger partial charge >= 0.3 is 0 Å². The Morgan fingerprint density at radius 1 is 1.18 bits per heavy atom. The molecule has 1 fully saturated rings. The van der Waals surface area contributed by atoms with E-state index in [0.29, 0.717) is 40.1 Å². The summed E-state index contributed by atoms with van der Waals surface area (Å²) in [6.07, 6.45) is 5.37. The first-order valence-electron chi connectivity index (χ1n) is 13.2. The van der Waals surface area contributed by atoms with Crippen LogP contribution in [-0.2, 0) is 13.0 Å². The van der Waals surface area contributed by atoms with Crippen molar-refractivity contribution in [1.82, 2.24) is 29.7 Å². The van der Waals surface area contributed by atoms with Gasteiger partial charge in [0.1, 0.15) is 5.82 Å². The molecule has 204 valence electrons. The van der Waals surface area contributed by atoms with Crippen LogP contribution in [-0.4, -0.2) is 48.2 Å². The van der Waals surface area contributed by atoms with Crippen molar-refractivity contribution in [2.45, 2.75) is 65.1 Å². The van der Waals surface area contributed by atoms with E-state index < -0.39 is 0 Å². The predicted octanol–water partition coefficient (Wildman–Crippen LogP) is 6.54. The number of hydrogen-bond acceptors (Lipinski definition) is 4. The first-order valence-corrected chi connectivity index (χ1v) is 14.3. The molecule has 0 spiro atoms. The van der Waals surface area contributed by atoms with Gasteiger partial charge < -0.3 is 4.90 Å². The maximum atomic E-state index is 14.5. The number of likely N-dealkylation sites (tertiary alicyclic amines) is 1. The zero-order chi connectivity index (χ0) is 27.7. The third-order valence-corrected chi connectivity index (χ3v) is 8.29. The molecule has 7 nitrogen and oxygen atoms in total. The number of benzene rings is 2. The number of nitrogens with zero attached hydrogens (tertiary/aromatic N) is 6. The van der Waals surface area contributed by atoms with Gasteiger partial charge in [0.2, 0.25) is 0 Å². The normalized spacial score (nSPS) is 16.5. The highest BCUT2D eigenvalue weighted by atomic mass is 79.9. The first kappa shape index (κ1) is 27.5. The Morgan fingerprint density at radius 2 is 1.95 bits per heavy atom. The minimum atomic E-state index is -0.305.